The van der Waals surface area contributed by atoms with Gasteiger partial charge in [-0.05, 0) is 36.4 Å². The van der Waals surface area contributed by atoms with Gasteiger partial charge in [0.15, 0.2) is 23.1 Å². The Morgan fingerprint density at radius 2 is 2.00 bits per heavy atom. The van der Waals surface area contributed by atoms with Crippen molar-refractivity contribution in [3.8, 4) is 17.2 Å². The number of para-hydroxylation sites is 2. The first kappa shape index (κ1) is 20.9. The highest BCUT2D eigenvalue weighted by Gasteiger charge is 2.24. The molecule has 0 aliphatic carbocycles. The lowest BCUT2D eigenvalue weighted by Crippen LogP contribution is -2.45. The molecule has 2 aromatic rings. The molecule has 0 saturated carbocycles. The first-order chi connectivity index (χ1) is 14.0. The van der Waals surface area contributed by atoms with Crippen LogP contribution in [-0.2, 0) is 11.3 Å². The third kappa shape index (κ3) is 5.38. The standard InChI is InChI=1S/C22H27FN2O4/c1-4-25(13-17-15-28-20-7-5-6-8-21(20)29-17)14-22(26)24(2)12-16-9-10-19(27-3)18(23)11-16/h5-11,17H,4,12-15H2,1-3H3. The van der Waals surface area contributed by atoms with Crippen LogP contribution in [0.5, 0.6) is 17.2 Å². The molecule has 0 aromatic heterocycles. The average Bonchev–Trinajstić information content (AvgIpc) is 2.73. The summed E-state index contributed by atoms with van der Waals surface area (Å²) in [4.78, 5) is 16.3. The zero-order valence-electron chi connectivity index (χ0n) is 17.1. The van der Waals surface area contributed by atoms with Crippen LogP contribution in [0.3, 0.4) is 0 Å². The normalized spacial score (nSPS) is 15.3. The van der Waals surface area contributed by atoms with Gasteiger partial charge in [-0.2, -0.15) is 0 Å². The molecule has 0 bridgehead atoms. The summed E-state index contributed by atoms with van der Waals surface area (Å²) in [6, 6.07) is 12.3. The lowest BCUT2D eigenvalue weighted by Gasteiger charge is -2.31. The van der Waals surface area contributed by atoms with Crippen LogP contribution in [0.4, 0.5) is 4.39 Å². The summed E-state index contributed by atoms with van der Waals surface area (Å²) in [6.45, 7) is 4.33. The van der Waals surface area contributed by atoms with E-state index in [1.165, 1.54) is 13.2 Å². The Morgan fingerprint density at radius 3 is 2.69 bits per heavy atom. The molecule has 0 saturated heterocycles. The highest BCUT2D eigenvalue weighted by atomic mass is 19.1. The van der Waals surface area contributed by atoms with Crippen LogP contribution < -0.4 is 14.2 Å². The van der Waals surface area contributed by atoms with Crippen LogP contribution in [0.15, 0.2) is 42.5 Å². The van der Waals surface area contributed by atoms with Gasteiger partial charge < -0.3 is 19.1 Å². The van der Waals surface area contributed by atoms with E-state index in [1.54, 1.807) is 24.1 Å². The van der Waals surface area contributed by atoms with Gasteiger partial charge in [0, 0.05) is 20.1 Å². The van der Waals surface area contributed by atoms with Gasteiger partial charge in [-0.1, -0.05) is 25.1 Å². The van der Waals surface area contributed by atoms with Crippen molar-refractivity contribution in [2.24, 2.45) is 0 Å². The Bertz CT molecular complexity index is 845. The lowest BCUT2D eigenvalue weighted by molar-refractivity contribution is -0.132. The van der Waals surface area contributed by atoms with E-state index in [-0.39, 0.29) is 24.3 Å². The van der Waals surface area contributed by atoms with Crippen LogP contribution >= 0.6 is 0 Å². The Labute approximate surface area is 170 Å². The minimum atomic E-state index is -0.434. The van der Waals surface area contributed by atoms with Crippen molar-refractivity contribution in [3.63, 3.8) is 0 Å². The van der Waals surface area contributed by atoms with Gasteiger partial charge in [-0.3, -0.25) is 9.69 Å². The summed E-state index contributed by atoms with van der Waals surface area (Å²) < 4.78 is 30.5. The van der Waals surface area contributed by atoms with Crippen molar-refractivity contribution in [2.45, 2.75) is 19.6 Å². The predicted octanol–water partition coefficient (Wildman–Crippen LogP) is 2.95. The fourth-order valence-electron chi connectivity index (χ4n) is 3.23. The molecule has 3 rings (SSSR count). The Kier molecular flexibility index (Phi) is 6.93. The number of fused-ring (bicyclic) bond motifs is 1. The maximum atomic E-state index is 13.9. The van der Waals surface area contributed by atoms with Gasteiger partial charge in [-0.15, -0.1) is 0 Å². The topological polar surface area (TPSA) is 51.2 Å². The second-order valence-corrected chi connectivity index (χ2v) is 7.04. The Balaban J connectivity index is 1.53. The molecule has 0 radical (unpaired) electrons. The number of ether oxygens (including phenoxy) is 3. The number of amides is 1. The van der Waals surface area contributed by atoms with Gasteiger partial charge in [0.05, 0.1) is 13.7 Å². The third-order valence-electron chi connectivity index (χ3n) is 4.90. The van der Waals surface area contributed by atoms with E-state index < -0.39 is 5.82 Å². The van der Waals surface area contributed by atoms with Crippen molar-refractivity contribution in [3.05, 3.63) is 53.8 Å². The summed E-state index contributed by atoms with van der Waals surface area (Å²) >= 11 is 0. The number of benzene rings is 2. The van der Waals surface area contributed by atoms with Crippen LogP contribution in [0, 0.1) is 5.82 Å². The molecule has 1 unspecified atom stereocenters. The molecule has 1 heterocycles. The van der Waals surface area contributed by atoms with Gasteiger partial charge in [-0.25, -0.2) is 4.39 Å². The molecule has 29 heavy (non-hydrogen) atoms. The SMILES string of the molecule is CCN(CC(=O)N(C)Cc1ccc(OC)c(F)c1)CC1COc2ccccc2O1. The summed E-state index contributed by atoms with van der Waals surface area (Å²) in [5.41, 5.74) is 0.711. The van der Waals surface area contributed by atoms with Crippen LogP contribution in [-0.4, -0.2) is 62.2 Å². The summed E-state index contributed by atoms with van der Waals surface area (Å²) in [5, 5.41) is 0. The number of rotatable bonds is 8. The van der Waals surface area contributed by atoms with E-state index in [4.69, 9.17) is 14.2 Å². The maximum Gasteiger partial charge on any atom is 0.236 e. The van der Waals surface area contributed by atoms with E-state index in [0.29, 0.717) is 31.8 Å². The summed E-state index contributed by atoms with van der Waals surface area (Å²) in [6.07, 6.45) is -0.140. The zero-order valence-corrected chi connectivity index (χ0v) is 17.1. The van der Waals surface area contributed by atoms with Crippen molar-refractivity contribution >= 4 is 5.91 Å². The molecule has 0 fully saturated rings. The second kappa shape index (κ2) is 9.60. The first-order valence-corrected chi connectivity index (χ1v) is 9.67. The van der Waals surface area contributed by atoms with E-state index in [9.17, 15) is 9.18 Å². The zero-order chi connectivity index (χ0) is 20.8. The van der Waals surface area contributed by atoms with Crippen LogP contribution in [0.25, 0.3) is 0 Å². The second-order valence-electron chi connectivity index (χ2n) is 7.04. The summed E-state index contributed by atoms with van der Waals surface area (Å²) in [5.74, 6) is 1.19. The number of carbonyl (C=O) groups is 1. The quantitative estimate of drug-likeness (QED) is 0.680. The molecule has 6 nitrogen and oxygen atoms in total. The molecule has 156 valence electrons. The molecule has 1 amide bonds. The number of nitrogens with zero attached hydrogens (tertiary/aromatic N) is 2. The fraction of sp³-hybridized carbons (Fsp3) is 0.409. The first-order valence-electron chi connectivity index (χ1n) is 9.67. The predicted molar refractivity (Wildman–Crippen MR) is 108 cm³/mol. The molecule has 1 atom stereocenters. The third-order valence-corrected chi connectivity index (χ3v) is 4.90. The number of methoxy groups -OCH3 is 1. The number of halogens is 1. The van der Waals surface area contributed by atoms with Gasteiger partial charge in [0.1, 0.15) is 12.7 Å². The molecule has 1 aliphatic rings. The highest BCUT2D eigenvalue weighted by molar-refractivity contribution is 5.78. The van der Waals surface area contributed by atoms with Crippen molar-refractivity contribution in [2.75, 3.05) is 40.4 Å². The van der Waals surface area contributed by atoms with Crippen LogP contribution in [0.1, 0.15) is 12.5 Å². The molecular formula is C22H27FN2O4. The summed E-state index contributed by atoms with van der Waals surface area (Å²) in [7, 11) is 3.14. The molecule has 7 heteroatoms. The van der Waals surface area contributed by atoms with E-state index in [0.717, 1.165) is 11.5 Å². The van der Waals surface area contributed by atoms with Gasteiger partial charge >= 0.3 is 0 Å². The van der Waals surface area contributed by atoms with Crippen molar-refractivity contribution in [1.82, 2.24) is 9.80 Å². The van der Waals surface area contributed by atoms with E-state index in [1.807, 2.05) is 36.1 Å². The highest BCUT2D eigenvalue weighted by Crippen LogP contribution is 2.31. The molecular weight excluding hydrogens is 375 g/mol. The van der Waals surface area contributed by atoms with Gasteiger partial charge in [0.2, 0.25) is 5.91 Å². The minimum absolute atomic E-state index is 0.0415. The smallest absolute Gasteiger partial charge is 0.236 e. The number of hydrogen-bond donors (Lipinski definition) is 0. The number of likely N-dealkylation sites (N-methyl/N-ethyl adjacent to an activating group) is 2. The minimum Gasteiger partial charge on any atom is -0.494 e. The fourth-order valence-corrected chi connectivity index (χ4v) is 3.23. The average molecular weight is 402 g/mol. The van der Waals surface area contributed by atoms with E-state index >= 15 is 0 Å². The Hall–Kier alpha value is -2.80. The lowest BCUT2D eigenvalue weighted by atomic mass is 10.2. The van der Waals surface area contributed by atoms with Gasteiger partial charge in [0.25, 0.3) is 0 Å². The monoisotopic (exact) mass is 402 g/mol. The molecule has 1 aliphatic heterocycles. The van der Waals surface area contributed by atoms with Crippen LogP contribution in [0.2, 0.25) is 0 Å². The number of carbonyl (C=O) groups excluding carboxylic acids is 1. The van der Waals surface area contributed by atoms with Crippen molar-refractivity contribution in [1.29, 1.82) is 0 Å². The molecule has 0 spiro atoms. The molecule has 0 N–H and O–H groups in total. The maximum absolute atomic E-state index is 13.9. The number of hydrogen-bond acceptors (Lipinski definition) is 5. The van der Waals surface area contributed by atoms with Crippen molar-refractivity contribution < 1.29 is 23.4 Å². The largest absolute Gasteiger partial charge is 0.494 e. The Morgan fingerprint density at radius 1 is 1.24 bits per heavy atom. The molecule has 2 aromatic carbocycles. The van der Waals surface area contributed by atoms with E-state index in [2.05, 4.69) is 0 Å².